The summed E-state index contributed by atoms with van der Waals surface area (Å²) in [5.41, 5.74) is -0.203. The molecule has 0 aliphatic heterocycles. The summed E-state index contributed by atoms with van der Waals surface area (Å²) in [6.45, 7) is 7.75. The molecular formula is C10H18N4OS. The predicted octanol–water partition coefficient (Wildman–Crippen LogP) is 1.21. The van der Waals surface area contributed by atoms with Gasteiger partial charge in [0.2, 0.25) is 5.91 Å². The van der Waals surface area contributed by atoms with E-state index in [2.05, 4.69) is 15.4 Å². The van der Waals surface area contributed by atoms with Crippen LogP contribution in [0.25, 0.3) is 0 Å². The van der Waals surface area contributed by atoms with Gasteiger partial charge in [0.05, 0.1) is 5.25 Å². The lowest BCUT2D eigenvalue weighted by atomic mass is 10.1. The number of carbonyl (C=O) groups is 1. The molecule has 1 N–H and O–H groups in total. The molecule has 1 atom stereocenters. The molecule has 0 aliphatic rings. The van der Waals surface area contributed by atoms with Crippen molar-refractivity contribution in [3.8, 4) is 0 Å². The minimum atomic E-state index is -0.203. The van der Waals surface area contributed by atoms with Crippen LogP contribution in [0.3, 0.4) is 0 Å². The Balaban J connectivity index is 2.56. The molecule has 1 amide bonds. The van der Waals surface area contributed by atoms with Gasteiger partial charge in [-0.2, -0.15) is 5.10 Å². The Labute approximate surface area is 100 Å². The summed E-state index contributed by atoms with van der Waals surface area (Å²) >= 11 is 1.40. The van der Waals surface area contributed by atoms with Crippen molar-refractivity contribution >= 4 is 17.7 Å². The van der Waals surface area contributed by atoms with E-state index in [1.54, 1.807) is 4.68 Å². The van der Waals surface area contributed by atoms with E-state index in [9.17, 15) is 4.79 Å². The van der Waals surface area contributed by atoms with Crippen LogP contribution in [0, 0.1) is 0 Å². The molecular weight excluding hydrogens is 224 g/mol. The Hall–Kier alpha value is -1.04. The summed E-state index contributed by atoms with van der Waals surface area (Å²) < 4.78 is 1.66. The zero-order valence-corrected chi connectivity index (χ0v) is 11.1. The van der Waals surface area contributed by atoms with Gasteiger partial charge in [0.25, 0.3) is 0 Å². The molecule has 16 heavy (non-hydrogen) atoms. The van der Waals surface area contributed by atoms with Crippen molar-refractivity contribution in [3.63, 3.8) is 0 Å². The number of nitrogens with one attached hydrogen (secondary N) is 1. The van der Waals surface area contributed by atoms with Gasteiger partial charge in [-0.25, -0.2) is 9.67 Å². The van der Waals surface area contributed by atoms with Crippen LogP contribution in [-0.4, -0.2) is 31.5 Å². The van der Waals surface area contributed by atoms with Gasteiger partial charge >= 0.3 is 0 Å². The van der Waals surface area contributed by atoms with Crippen molar-refractivity contribution in [2.45, 2.75) is 43.6 Å². The van der Waals surface area contributed by atoms with Crippen LogP contribution in [-0.2, 0) is 11.8 Å². The van der Waals surface area contributed by atoms with Gasteiger partial charge in [-0.3, -0.25) is 4.79 Å². The number of rotatable bonds is 3. The average molecular weight is 242 g/mol. The van der Waals surface area contributed by atoms with Gasteiger partial charge < -0.3 is 5.32 Å². The molecule has 0 saturated carbocycles. The topological polar surface area (TPSA) is 59.8 Å². The quantitative estimate of drug-likeness (QED) is 0.809. The highest BCUT2D eigenvalue weighted by atomic mass is 32.2. The summed E-state index contributed by atoms with van der Waals surface area (Å²) in [6.07, 6.45) is 1.48. The van der Waals surface area contributed by atoms with E-state index < -0.39 is 0 Å². The Morgan fingerprint density at radius 3 is 2.62 bits per heavy atom. The van der Waals surface area contributed by atoms with E-state index in [4.69, 9.17) is 0 Å². The SMILES string of the molecule is C[C@@H](Sc1ncnn1C)C(=O)NC(C)(C)C. The Morgan fingerprint density at radius 1 is 1.56 bits per heavy atom. The molecule has 1 rings (SSSR count). The third-order valence-electron chi connectivity index (χ3n) is 1.82. The Kier molecular flexibility index (Phi) is 3.96. The first-order chi connectivity index (χ1) is 7.29. The van der Waals surface area contributed by atoms with Crippen LogP contribution in [0.15, 0.2) is 11.5 Å². The second-order valence-electron chi connectivity index (χ2n) is 4.67. The van der Waals surface area contributed by atoms with Crippen molar-refractivity contribution in [1.82, 2.24) is 20.1 Å². The molecule has 1 aromatic rings. The van der Waals surface area contributed by atoms with Crippen LogP contribution >= 0.6 is 11.8 Å². The van der Waals surface area contributed by atoms with E-state index in [0.29, 0.717) is 0 Å². The minimum absolute atomic E-state index is 0.0144. The average Bonchev–Trinajstić information content (AvgIpc) is 2.49. The molecule has 0 aliphatic carbocycles. The molecule has 0 radical (unpaired) electrons. The number of nitrogens with zero attached hydrogens (tertiary/aromatic N) is 3. The van der Waals surface area contributed by atoms with E-state index in [1.807, 2.05) is 34.7 Å². The molecule has 0 unspecified atom stereocenters. The molecule has 0 spiro atoms. The van der Waals surface area contributed by atoms with Crippen molar-refractivity contribution in [2.24, 2.45) is 7.05 Å². The Bertz CT molecular complexity index is 369. The number of aryl methyl sites for hydroxylation is 1. The lowest BCUT2D eigenvalue weighted by molar-refractivity contribution is -0.121. The number of aromatic nitrogens is 3. The van der Waals surface area contributed by atoms with Crippen LogP contribution in [0.2, 0.25) is 0 Å². The van der Waals surface area contributed by atoms with Crippen molar-refractivity contribution in [1.29, 1.82) is 0 Å². The molecule has 1 aromatic heterocycles. The van der Waals surface area contributed by atoms with E-state index in [1.165, 1.54) is 18.1 Å². The summed E-state index contributed by atoms with van der Waals surface area (Å²) in [7, 11) is 1.81. The molecule has 5 nitrogen and oxygen atoms in total. The van der Waals surface area contributed by atoms with Gasteiger partial charge in [-0.15, -0.1) is 0 Å². The van der Waals surface area contributed by atoms with Crippen molar-refractivity contribution in [3.05, 3.63) is 6.33 Å². The minimum Gasteiger partial charge on any atom is -0.351 e. The number of thioether (sulfide) groups is 1. The maximum absolute atomic E-state index is 11.8. The first kappa shape index (κ1) is 13.0. The summed E-state index contributed by atoms with van der Waals surface area (Å²) in [4.78, 5) is 15.9. The molecule has 1 heterocycles. The lowest BCUT2D eigenvalue weighted by Crippen LogP contribution is -2.44. The highest BCUT2D eigenvalue weighted by Gasteiger charge is 2.21. The maximum atomic E-state index is 11.8. The van der Waals surface area contributed by atoms with Gasteiger partial charge in [0.15, 0.2) is 5.16 Å². The van der Waals surface area contributed by atoms with Crippen molar-refractivity contribution in [2.75, 3.05) is 0 Å². The number of hydrogen-bond acceptors (Lipinski definition) is 4. The van der Waals surface area contributed by atoms with E-state index in [0.717, 1.165) is 5.16 Å². The Morgan fingerprint density at radius 2 is 2.19 bits per heavy atom. The maximum Gasteiger partial charge on any atom is 0.233 e. The number of amides is 1. The zero-order valence-electron chi connectivity index (χ0n) is 10.3. The highest BCUT2D eigenvalue weighted by molar-refractivity contribution is 8.00. The van der Waals surface area contributed by atoms with Crippen LogP contribution in [0.1, 0.15) is 27.7 Å². The first-order valence-electron chi connectivity index (χ1n) is 5.12. The van der Waals surface area contributed by atoms with E-state index >= 15 is 0 Å². The largest absolute Gasteiger partial charge is 0.351 e. The molecule has 0 fully saturated rings. The summed E-state index contributed by atoms with van der Waals surface area (Å²) in [5.74, 6) is 0.0144. The monoisotopic (exact) mass is 242 g/mol. The smallest absolute Gasteiger partial charge is 0.233 e. The summed E-state index contributed by atoms with van der Waals surface area (Å²) in [6, 6.07) is 0. The van der Waals surface area contributed by atoms with Crippen LogP contribution < -0.4 is 5.32 Å². The van der Waals surface area contributed by atoms with Crippen LogP contribution in [0.5, 0.6) is 0 Å². The van der Waals surface area contributed by atoms with Gasteiger partial charge in [-0.1, -0.05) is 11.8 Å². The summed E-state index contributed by atoms with van der Waals surface area (Å²) in [5, 5.41) is 7.46. The van der Waals surface area contributed by atoms with E-state index in [-0.39, 0.29) is 16.7 Å². The van der Waals surface area contributed by atoms with Crippen molar-refractivity contribution < 1.29 is 4.79 Å². The molecule has 0 aromatic carbocycles. The fourth-order valence-electron chi connectivity index (χ4n) is 1.08. The standard InChI is InChI=1S/C10H18N4OS/c1-7(8(15)13-10(2,3)4)16-9-11-6-12-14(9)5/h6-7H,1-5H3,(H,13,15)/t7-/m1/s1. The van der Waals surface area contributed by atoms with Gasteiger partial charge in [-0.05, 0) is 27.7 Å². The number of hydrogen-bond donors (Lipinski definition) is 1. The number of carbonyl (C=O) groups excluding carboxylic acids is 1. The lowest BCUT2D eigenvalue weighted by Gasteiger charge is -2.22. The normalized spacial score (nSPS) is 13.6. The highest BCUT2D eigenvalue weighted by Crippen LogP contribution is 2.20. The molecule has 0 bridgehead atoms. The third kappa shape index (κ3) is 3.84. The zero-order chi connectivity index (χ0) is 12.3. The van der Waals surface area contributed by atoms with Gasteiger partial charge in [0, 0.05) is 12.6 Å². The van der Waals surface area contributed by atoms with Gasteiger partial charge in [0.1, 0.15) is 6.33 Å². The third-order valence-corrected chi connectivity index (χ3v) is 2.97. The molecule has 0 saturated heterocycles. The molecule has 90 valence electrons. The first-order valence-corrected chi connectivity index (χ1v) is 6.00. The molecule has 6 heteroatoms. The second kappa shape index (κ2) is 4.86. The fourth-order valence-corrected chi connectivity index (χ4v) is 1.87. The second-order valence-corrected chi connectivity index (χ2v) is 5.97. The fraction of sp³-hybridized carbons (Fsp3) is 0.700. The predicted molar refractivity (Wildman–Crippen MR) is 64.2 cm³/mol. The van der Waals surface area contributed by atoms with Crippen LogP contribution in [0.4, 0.5) is 0 Å².